The second-order valence-corrected chi connectivity index (χ2v) is 17.6. The molecule has 0 amide bonds. The number of rotatable bonds is 6. The Labute approximate surface area is 295 Å². The lowest BCUT2D eigenvalue weighted by Crippen LogP contribution is -2.53. The minimum atomic E-state index is -0.0723. The Morgan fingerprint density at radius 2 is 0.851 bits per heavy atom. The van der Waals surface area contributed by atoms with E-state index in [4.69, 9.17) is 0 Å². The molecule has 0 aromatic rings. The number of hydrogen-bond acceptors (Lipinski definition) is 9. The van der Waals surface area contributed by atoms with E-state index in [1.807, 2.05) is 0 Å². The standard InChI is InChI=1S/C13H27N3.C13H26N2O.C12H24N2S/c1-12(2)15-6-4-13(5-7-15)16-10-8-14(3)9-11-16;1-11(2)14-8-5-12(6-9-14)15-7-3-4-13(16)10-15;1-11(2)13-5-3-12(4-6-13)14-7-9-15-10-8-14/h12-13H,4-11H2,1-3H3;11-13,16H,3-10H2,1-2H3;11-12H,3-10H2,1-2H3. The molecule has 1 N–H and O–H groups in total. The highest BCUT2D eigenvalue weighted by Gasteiger charge is 2.30. The highest BCUT2D eigenvalue weighted by molar-refractivity contribution is 7.99. The Balaban J connectivity index is 0.000000160. The van der Waals surface area contributed by atoms with Crippen LogP contribution in [-0.2, 0) is 0 Å². The van der Waals surface area contributed by atoms with Crippen LogP contribution in [0.3, 0.4) is 0 Å². The summed E-state index contributed by atoms with van der Waals surface area (Å²) in [6.07, 6.45) is 10.2. The largest absolute Gasteiger partial charge is 0.392 e. The zero-order chi connectivity index (χ0) is 33.8. The van der Waals surface area contributed by atoms with Gasteiger partial charge in [0.25, 0.3) is 0 Å². The van der Waals surface area contributed by atoms with Gasteiger partial charge >= 0.3 is 0 Å². The zero-order valence-electron chi connectivity index (χ0n) is 32.0. The molecule has 0 aliphatic carbocycles. The smallest absolute Gasteiger partial charge is 0.0667 e. The lowest BCUT2D eigenvalue weighted by Gasteiger charge is -2.43. The van der Waals surface area contributed by atoms with Crippen LogP contribution in [-0.4, -0.2) is 192 Å². The Kier molecular flexibility index (Phi) is 17.6. The molecule has 8 nitrogen and oxygen atoms in total. The van der Waals surface area contributed by atoms with Gasteiger partial charge in [-0.05, 0) is 146 Å². The highest BCUT2D eigenvalue weighted by atomic mass is 32.2. The topological polar surface area (TPSA) is 42.9 Å². The first-order valence-corrected chi connectivity index (χ1v) is 21.1. The van der Waals surface area contributed by atoms with Crippen LogP contribution in [0.5, 0.6) is 0 Å². The summed E-state index contributed by atoms with van der Waals surface area (Å²) in [6.45, 7) is 31.4. The fourth-order valence-corrected chi connectivity index (χ4v) is 9.68. The first kappa shape index (κ1) is 39.8. The Morgan fingerprint density at radius 1 is 0.468 bits per heavy atom. The van der Waals surface area contributed by atoms with Crippen LogP contribution in [0.4, 0.5) is 0 Å². The van der Waals surface area contributed by atoms with Crippen molar-refractivity contribution in [2.45, 2.75) is 135 Å². The SMILES string of the molecule is CC(C)N1CCC(N2CCCC(O)C2)CC1.CC(C)N1CCC(N2CCN(C)CC2)CC1.CC(C)N1CCC(N2CCSCC2)CC1. The first-order chi connectivity index (χ1) is 22.6. The van der Waals surface area contributed by atoms with Crippen molar-refractivity contribution in [3.05, 3.63) is 0 Å². The molecule has 6 aliphatic heterocycles. The van der Waals surface area contributed by atoms with Gasteiger partial charge in [0.1, 0.15) is 0 Å². The molecule has 47 heavy (non-hydrogen) atoms. The number of likely N-dealkylation sites (N-methyl/N-ethyl adjacent to an activating group) is 1. The molecule has 0 radical (unpaired) electrons. The molecular weight excluding hydrogens is 603 g/mol. The number of likely N-dealkylation sites (tertiary alicyclic amines) is 4. The van der Waals surface area contributed by atoms with Crippen LogP contribution >= 0.6 is 11.8 Å². The molecule has 6 saturated heterocycles. The number of piperidine rings is 4. The summed E-state index contributed by atoms with van der Waals surface area (Å²) in [5.41, 5.74) is 0. The number of β-amino-alcohol motifs (C(OH)–C–C–N with tert-alkyl or cyclic N) is 1. The molecule has 276 valence electrons. The number of aliphatic hydroxyl groups excluding tert-OH is 1. The Morgan fingerprint density at radius 3 is 1.23 bits per heavy atom. The number of aliphatic hydroxyl groups is 1. The summed E-state index contributed by atoms with van der Waals surface area (Å²) in [4.78, 5) is 18.2. The molecule has 0 bridgehead atoms. The van der Waals surface area contributed by atoms with Gasteiger partial charge in [-0.1, -0.05) is 0 Å². The molecule has 1 unspecified atom stereocenters. The van der Waals surface area contributed by atoms with Crippen molar-refractivity contribution >= 4 is 11.8 Å². The fraction of sp³-hybridized carbons (Fsp3) is 1.00. The number of hydrogen-bond donors (Lipinski definition) is 1. The van der Waals surface area contributed by atoms with Crippen LogP contribution in [0.2, 0.25) is 0 Å². The lowest BCUT2D eigenvalue weighted by molar-refractivity contribution is 0.0213. The summed E-state index contributed by atoms with van der Waals surface area (Å²) in [6, 6.07) is 4.64. The molecule has 0 saturated carbocycles. The normalized spacial score (nSPS) is 28.8. The third-order valence-corrected chi connectivity index (χ3v) is 13.2. The molecule has 0 aromatic carbocycles. The maximum Gasteiger partial charge on any atom is 0.0667 e. The van der Waals surface area contributed by atoms with Gasteiger partial charge in [-0.15, -0.1) is 0 Å². The third-order valence-electron chi connectivity index (χ3n) is 12.2. The summed E-state index contributed by atoms with van der Waals surface area (Å²) in [7, 11) is 2.23. The van der Waals surface area contributed by atoms with E-state index in [1.54, 1.807) is 0 Å². The maximum atomic E-state index is 9.70. The molecule has 0 aromatic heterocycles. The number of thioether (sulfide) groups is 1. The van der Waals surface area contributed by atoms with Crippen molar-refractivity contribution in [1.82, 2.24) is 34.3 Å². The second kappa shape index (κ2) is 20.8. The van der Waals surface area contributed by atoms with Crippen LogP contribution in [0.1, 0.15) is 92.9 Å². The summed E-state index contributed by atoms with van der Waals surface area (Å²) in [5.74, 6) is 2.70. The van der Waals surface area contributed by atoms with Crippen molar-refractivity contribution in [2.24, 2.45) is 0 Å². The van der Waals surface area contributed by atoms with Gasteiger partial charge in [0.05, 0.1) is 6.10 Å². The van der Waals surface area contributed by atoms with Crippen molar-refractivity contribution < 1.29 is 5.11 Å². The fourth-order valence-electron chi connectivity index (χ4n) is 8.75. The van der Waals surface area contributed by atoms with E-state index in [1.165, 1.54) is 142 Å². The number of piperazine rings is 1. The lowest BCUT2D eigenvalue weighted by atomic mass is 9.98. The minimum Gasteiger partial charge on any atom is -0.392 e. The average molecular weight is 680 g/mol. The van der Waals surface area contributed by atoms with Gasteiger partial charge in [0.2, 0.25) is 0 Å². The molecule has 6 rings (SSSR count). The highest BCUT2D eigenvalue weighted by Crippen LogP contribution is 2.23. The van der Waals surface area contributed by atoms with E-state index in [2.05, 4.69) is 94.7 Å². The van der Waals surface area contributed by atoms with Gasteiger partial charge < -0.3 is 24.7 Å². The summed E-state index contributed by atoms with van der Waals surface area (Å²) < 4.78 is 0. The van der Waals surface area contributed by atoms with Gasteiger partial charge in [0.15, 0.2) is 0 Å². The van der Waals surface area contributed by atoms with Crippen molar-refractivity contribution in [1.29, 1.82) is 0 Å². The predicted molar refractivity (Wildman–Crippen MR) is 204 cm³/mol. The average Bonchev–Trinajstić information content (AvgIpc) is 3.10. The predicted octanol–water partition coefficient (Wildman–Crippen LogP) is 4.33. The van der Waals surface area contributed by atoms with Gasteiger partial charge in [-0.2, -0.15) is 11.8 Å². The summed E-state index contributed by atoms with van der Waals surface area (Å²) in [5, 5.41) is 9.70. The second-order valence-electron chi connectivity index (χ2n) is 16.4. The number of nitrogens with zero attached hydrogens (tertiary/aromatic N) is 7. The minimum absolute atomic E-state index is 0.0723. The molecule has 1 atom stereocenters. The van der Waals surface area contributed by atoms with Gasteiger partial charge in [0, 0.05) is 93.6 Å². The molecule has 9 heteroatoms. The van der Waals surface area contributed by atoms with E-state index < -0.39 is 0 Å². The van der Waals surface area contributed by atoms with Crippen molar-refractivity contribution in [3.63, 3.8) is 0 Å². The molecule has 6 fully saturated rings. The summed E-state index contributed by atoms with van der Waals surface area (Å²) >= 11 is 2.12. The van der Waals surface area contributed by atoms with E-state index in [0.29, 0.717) is 6.04 Å². The van der Waals surface area contributed by atoms with Crippen LogP contribution in [0.25, 0.3) is 0 Å². The first-order valence-electron chi connectivity index (χ1n) is 20.0. The van der Waals surface area contributed by atoms with Crippen molar-refractivity contribution in [3.8, 4) is 0 Å². The Bertz CT molecular complexity index is 811. The zero-order valence-corrected chi connectivity index (χ0v) is 32.8. The van der Waals surface area contributed by atoms with Crippen molar-refractivity contribution in [2.75, 3.05) is 110 Å². The third kappa shape index (κ3) is 13.3. The van der Waals surface area contributed by atoms with E-state index in [-0.39, 0.29) is 6.10 Å². The monoisotopic (exact) mass is 680 g/mol. The van der Waals surface area contributed by atoms with Gasteiger partial charge in [-0.25, -0.2) is 0 Å². The Hall–Kier alpha value is 0.0300. The molecule has 6 aliphatic rings. The molecule has 0 spiro atoms. The quantitative estimate of drug-likeness (QED) is 0.442. The molecule has 6 heterocycles. The van der Waals surface area contributed by atoms with Crippen LogP contribution in [0, 0.1) is 0 Å². The molecular formula is C38H77N7OS. The van der Waals surface area contributed by atoms with Gasteiger partial charge in [-0.3, -0.25) is 14.7 Å². The van der Waals surface area contributed by atoms with Crippen LogP contribution in [0.15, 0.2) is 0 Å². The maximum absolute atomic E-state index is 9.70. The van der Waals surface area contributed by atoms with E-state index in [9.17, 15) is 5.11 Å². The van der Waals surface area contributed by atoms with E-state index >= 15 is 0 Å². The van der Waals surface area contributed by atoms with Crippen LogP contribution < -0.4 is 0 Å². The van der Waals surface area contributed by atoms with E-state index in [0.717, 1.165) is 43.2 Å².